The van der Waals surface area contributed by atoms with Crippen molar-refractivity contribution >= 4 is 6.03 Å². The van der Waals surface area contributed by atoms with Crippen molar-refractivity contribution in [3.8, 4) is 5.75 Å². The molecule has 0 saturated heterocycles. The van der Waals surface area contributed by atoms with Crippen LogP contribution in [0.3, 0.4) is 0 Å². The van der Waals surface area contributed by atoms with Crippen LogP contribution in [0.5, 0.6) is 5.75 Å². The van der Waals surface area contributed by atoms with Gasteiger partial charge >= 0.3 is 6.03 Å². The molecule has 2 rings (SSSR count). The second kappa shape index (κ2) is 8.78. The Morgan fingerprint density at radius 1 is 1.09 bits per heavy atom. The smallest absolute Gasteiger partial charge is 0.315 e. The molecule has 0 spiro atoms. The third-order valence-electron chi connectivity index (χ3n) is 3.19. The van der Waals surface area contributed by atoms with E-state index in [4.69, 9.17) is 4.74 Å². The Balaban J connectivity index is 1.82. The lowest BCUT2D eigenvalue weighted by atomic mass is 10.2. The fraction of sp³-hybridized carbons (Fsp3) is 0.333. The van der Waals surface area contributed by atoms with Gasteiger partial charge in [-0.25, -0.2) is 4.79 Å². The molecule has 2 N–H and O–H groups in total. The number of urea groups is 1. The van der Waals surface area contributed by atoms with Gasteiger partial charge in [0.15, 0.2) is 0 Å². The van der Waals surface area contributed by atoms with Gasteiger partial charge in [-0.15, -0.1) is 0 Å². The summed E-state index contributed by atoms with van der Waals surface area (Å²) >= 11 is 0. The molecule has 1 aromatic carbocycles. The minimum Gasteiger partial charge on any atom is -0.493 e. The van der Waals surface area contributed by atoms with Gasteiger partial charge in [0.25, 0.3) is 0 Å². The minimum atomic E-state index is -0.208. The van der Waals surface area contributed by atoms with Gasteiger partial charge in [-0.2, -0.15) is 0 Å². The third-order valence-corrected chi connectivity index (χ3v) is 3.19. The van der Waals surface area contributed by atoms with Crippen LogP contribution in [0.1, 0.15) is 25.0 Å². The number of nitrogens with zero attached hydrogens (tertiary/aromatic N) is 1. The number of carbonyl (C=O) groups excluding carboxylic acids is 1. The maximum Gasteiger partial charge on any atom is 0.315 e. The monoisotopic (exact) mass is 313 g/mol. The standard InChI is InChI=1S/C18H23N3O2/c1-14(2)13-23-17-6-4-3-5-16(17)12-21-18(22)20-11-15-7-9-19-10-8-15/h3-10,14H,11-13H2,1-2H3,(H2,20,21,22). The molecular formula is C18H23N3O2. The first kappa shape index (κ1) is 16.8. The highest BCUT2D eigenvalue weighted by molar-refractivity contribution is 5.73. The van der Waals surface area contributed by atoms with E-state index in [9.17, 15) is 4.79 Å². The number of rotatable bonds is 7. The number of para-hydroxylation sites is 1. The molecule has 0 radical (unpaired) electrons. The number of nitrogens with one attached hydrogen (secondary N) is 2. The van der Waals surface area contributed by atoms with E-state index in [1.807, 2.05) is 36.4 Å². The third kappa shape index (κ3) is 5.98. The molecule has 0 bridgehead atoms. The quantitative estimate of drug-likeness (QED) is 0.825. The summed E-state index contributed by atoms with van der Waals surface area (Å²) in [7, 11) is 0. The number of amides is 2. The summed E-state index contributed by atoms with van der Waals surface area (Å²) in [5, 5.41) is 5.67. The van der Waals surface area contributed by atoms with Crippen LogP contribution in [0.4, 0.5) is 4.79 Å². The second-order valence-electron chi connectivity index (χ2n) is 5.70. The van der Waals surface area contributed by atoms with Crippen molar-refractivity contribution in [2.75, 3.05) is 6.61 Å². The maximum absolute atomic E-state index is 11.9. The SMILES string of the molecule is CC(C)COc1ccccc1CNC(=O)NCc1ccncc1. The van der Waals surface area contributed by atoms with Gasteiger partial charge in [0.2, 0.25) is 0 Å². The maximum atomic E-state index is 11.9. The zero-order valence-electron chi connectivity index (χ0n) is 13.6. The normalized spacial score (nSPS) is 10.4. The van der Waals surface area contributed by atoms with Crippen molar-refractivity contribution in [1.82, 2.24) is 15.6 Å². The average Bonchev–Trinajstić information content (AvgIpc) is 2.58. The molecule has 0 fully saturated rings. The van der Waals surface area contributed by atoms with Crippen LogP contribution >= 0.6 is 0 Å². The number of ether oxygens (including phenoxy) is 1. The highest BCUT2D eigenvalue weighted by Gasteiger charge is 2.06. The molecule has 0 saturated carbocycles. The van der Waals surface area contributed by atoms with E-state index in [0.29, 0.717) is 25.6 Å². The molecule has 0 unspecified atom stereocenters. The van der Waals surface area contributed by atoms with E-state index in [0.717, 1.165) is 16.9 Å². The molecule has 1 heterocycles. The Labute approximate surface area is 137 Å². The van der Waals surface area contributed by atoms with E-state index < -0.39 is 0 Å². The van der Waals surface area contributed by atoms with Crippen LogP contribution in [0.2, 0.25) is 0 Å². The summed E-state index contributed by atoms with van der Waals surface area (Å²) in [6.07, 6.45) is 3.41. The van der Waals surface area contributed by atoms with Gasteiger partial charge in [0, 0.05) is 31.0 Å². The molecule has 1 aromatic heterocycles. The molecule has 5 nitrogen and oxygen atoms in total. The highest BCUT2D eigenvalue weighted by Crippen LogP contribution is 2.18. The fourth-order valence-electron chi connectivity index (χ4n) is 1.97. The van der Waals surface area contributed by atoms with Crippen LogP contribution in [0, 0.1) is 5.92 Å². The number of benzene rings is 1. The van der Waals surface area contributed by atoms with Gasteiger partial charge < -0.3 is 15.4 Å². The summed E-state index contributed by atoms with van der Waals surface area (Å²) < 4.78 is 5.78. The zero-order valence-corrected chi connectivity index (χ0v) is 13.6. The largest absolute Gasteiger partial charge is 0.493 e. The summed E-state index contributed by atoms with van der Waals surface area (Å²) in [6.45, 7) is 5.77. The first-order chi connectivity index (χ1) is 11.1. The molecular weight excluding hydrogens is 290 g/mol. The van der Waals surface area contributed by atoms with E-state index in [-0.39, 0.29) is 6.03 Å². The molecule has 122 valence electrons. The van der Waals surface area contributed by atoms with E-state index in [1.54, 1.807) is 12.4 Å². The first-order valence-corrected chi connectivity index (χ1v) is 7.76. The minimum absolute atomic E-state index is 0.208. The predicted octanol–water partition coefficient (Wildman–Crippen LogP) is 3.12. The van der Waals surface area contributed by atoms with Crippen LogP contribution in [-0.4, -0.2) is 17.6 Å². The highest BCUT2D eigenvalue weighted by atomic mass is 16.5. The summed E-state index contributed by atoms with van der Waals surface area (Å²) in [5.41, 5.74) is 1.98. The van der Waals surface area contributed by atoms with E-state index in [1.165, 1.54) is 0 Å². The van der Waals surface area contributed by atoms with Gasteiger partial charge in [-0.3, -0.25) is 4.98 Å². The Hall–Kier alpha value is -2.56. The Kier molecular flexibility index (Phi) is 6.41. The lowest BCUT2D eigenvalue weighted by Gasteiger charge is -2.14. The Morgan fingerprint density at radius 3 is 2.52 bits per heavy atom. The zero-order chi connectivity index (χ0) is 16.5. The van der Waals surface area contributed by atoms with E-state index in [2.05, 4.69) is 29.5 Å². The summed E-state index contributed by atoms with van der Waals surface area (Å²) in [4.78, 5) is 15.8. The fourth-order valence-corrected chi connectivity index (χ4v) is 1.97. The number of hydrogen-bond donors (Lipinski definition) is 2. The summed E-state index contributed by atoms with van der Waals surface area (Å²) in [6, 6.07) is 11.3. The number of pyridine rings is 1. The Morgan fingerprint density at radius 2 is 1.78 bits per heavy atom. The summed E-state index contributed by atoms with van der Waals surface area (Å²) in [5.74, 6) is 1.27. The number of carbonyl (C=O) groups is 1. The average molecular weight is 313 g/mol. The van der Waals surface area contributed by atoms with Crippen molar-refractivity contribution in [1.29, 1.82) is 0 Å². The van der Waals surface area contributed by atoms with Gasteiger partial charge in [-0.05, 0) is 29.7 Å². The number of aromatic nitrogens is 1. The van der Waals surface area contributed by atoms with Gasteiger partial charge in [0.05, 0.1) is 6.61 Å². The second-order valence-corrected chi connectivity index (χ2v) is 5.70. The Bertz CT molecular complexity index is 615. The van der Waals surface area contributed by atoms with Crippen molar-refractivity contribution in [2.24, 2.45) is 5.92 Å². The predicted molar refractivity (Wildman–Crippen MR) is 90.1 cm³/mol. The van der Waals surface area contributed by atoms with Crippen molar-refractivity contribution in [2.45, 2.75) is 26.9 Å². The van der Waals surface area contributed by atoms with Crippen LogP contribution in [0.25, 0.3) is 0 Å². The van der Waals surface area contributed by atoms with Crippen LogP contribution in [-0.2, 0) is 13.1 Å². The van der Waals surface area contributed by atoms with Crippen molar-refractivity contribution in [3.05, 3.63) is 59.9 Å². The molecule has 0 atom stereocenters. The molecule has 23 heavy (non-hydrogen) atoms. The molecule has 5 heteroatoms. The van der Waals surface area contributed by atoms with Gasteiger partial charge in [-0.1, -0.05) is 32.0 Å². The first-order valence-electron chi connectivity index (χ1n) is 7.76. The topological polar surface area (TPSA) is 63.2 Å². The van der Waals surface area contributed by atoms with Gasteiger partial charge in [0.1, 0.15) is 5.75 Å². The number of hydrogen-bond acceptors (Lipinski definition) is 3. The van der Waals surface area contributed by atoms with Crippen LogP contribution < -0.4 is 15.4 Å². The molecule has 0 aliphatic rings. The van der Waals surface area contributed by atoms with E-state index >= 15 is 0 Å². The lowest BCUT2D eigenvalue weighted by molar-refractivity contribution is 0.239. The molecule has 2 aromatic rings. The van der Waals surface area contributed by atoms with Crippen LogP contribution in [0.15, 0.2) is 48.8 Å². The van der Waals surface area contributed by atoms with Crippen molar-refractivity contribution in [3.63, 3.8) is 0 Å². The molecule has 0 aliphatic carbocycles. The molecule has 2 amide bonds. The lowest BCUT2D eigenvalue weighted by Crippen LogP contribution is -2.34. The molecule has 0 aliphatic heterocycles. The van der Waals surface area contributed by atoms with Crippen molar-refractivity contribution < 1.29 is 9.53 Å².